The Bertz CT molecular complexity index is 1210. The molecule has 0 spiro atoms. The first-order valence-corrected chi connectivity index (χ1v) is 10.9. The average Bonchev–Trinajstić information content (AvgIpc) is 2.78. The lowest BCUT2D eigenvalue weighted by Gasteiger charge is -2.23. The molecule has 3 aromatic rings. The van der Waals surface area contributed by atoms with Crippen LogP contribution in [0.3, 0.4) is 0 Å². The normalized spacial score (nSPS) is 10.6. The van der Waals surface area contributed by atoms with Crippen LogP contribution >= 0.6 is 0 Å². The van der Waals surface area contributed by atoms with E-state index in [9.17, 15) is 13.2 Å². The van der Waals surface area contributed by atoms with Crippen LogP contribution in [0, 0.1) is 18.8 Å². The van der Waals surface area contributed by atoms with E-state index in [1.54, 1.807) is 42.5 Å². The fourth-order valence-corrected chi connectivity index (χ4v) is 4.20. The zero-order valence-electron chi connectivity index (χ0n) is 17.2. The monoisotopic (exact) mass is 434 g/mol. The largest absolute Gasteiger partial charge is 0.277 e. The molecule has 0 radical (unpaired) electrons. The zero-order valence-corrected chi connectivity index (χ0v) is 18.0. The van der Waals surface area contributed by atoms with Crippen molar-refractivity contribution in [1.82, 2.24) is 5.48 Å². The van der Waals surface area contributed by atoms with E-state index in [2.05, 4.69) is 22.2 Å². The molecule has 0 aliphatic heterocycles. The summed E-state index contributed by atoms with van der Waals surface area (Å²) in [6.07, 6.45) is 0. The van der Waals surface area contributed by atoms with Gasteiger partial charge in [0.15, 0.2) is 0 Å². The molecule has 1 N–H and O–H groups in total. The molecule has 3 rings (SSSR count). The number of amides is 1. The fourth-order valence-electron chi connectivity index (χ4n) is 2.84. The number of hydrogen-bond donors (Lipinski definition) is 1. The summed E-state index contributed by atoms with van der Waals surface area (Å²) in [7, 11) is -2.58. The van der Waals surface area contributed by atoms with Gasteiger partial charge in [-0.05, 0) is 49.4 Å². The lowest BCUT2D eigenvalue weighted by molar-refractivity contribution is 0.0537. The smallest absolute Gasteiger partial charge is 0.274 e. The summed E-state index contributed by atoms with van der Waals surface area (Å²) >= 11 is 0. The van der Waals surface area contributed by atoms with E-state index >= 15 is 0 Å². The number of rotatable bonds is 6. The SMILES string of the molecule is CONC(=O)c1cccc(N(CC#Cc2ccccc2)S(=O)(=O)c2ccc(C)cc2)c1. The summed E-state index contributed by atoms with van der Waals surface area (Å²) in [6, 6.07) is 22.2. The van der Waals surface area contributed by atoms with Gasteiger partial charge in [0.25, 0.3) is 15.9 Å². The quantitative estimate of drug-likeness (QED) is 0.476. The summed E-state index contributed by atoms with van der Waals surface area (Å²) in [5, 5.41) is 0. The summed E-state index contributed by atoms with van der Waals surface area (Å²) < 4.78 is 28.0. The van der Waals surface area contributed by atoms with Gasteiger partial charge in [0.05, 0.1) is 24.2 Å². The van der Waals surface area contributed by atoms with Crippen molar-refractivity contribution in [1.29, 1.82) is 0 Å². The highest BCUT2D eigenvalue weighted by molar-refractivity contribution is 7.92. The Morgan fingerprint density at radius 1 is 1.00 bits per heavy atom. The number of hydrogen-bond acceptors (Lipinski definition) is 4. The second-order valence-corrected chi connectivity index (χ2v) is 8.54. The van der Waals surface area contributed by atoms with Crippen LogP contribution in [0.25, 0.3) is 0 Å². The molecule has 1 amide bonds. The Balaban J connectivity index is 2.02. The highest BCUT2D eigenvalue weighted by atomic mass is 32.2. The molecule has 0 aliphatic rings. The van der Waals surface area contributed by atoms with Gasteiger partial charge in [0, 0.05) is 11.1 Å². The molecule has 0 aromatic heterocycles. The van der Waals surface area contributed by atoms with Gasteiger partial charge in [-0.3, -0.25) is 13.9 Å². The van der Waals surface area contributed by atoms with E-state index in [-0.39, 0.29) is 17.0 Å². The highest BCUT2D eigenvalue weighted by Crippen LogP contribution is 2.24. The van der Waals surface area contributed by atoms with Gasteiger partial charge in [-0.25, -0.2) is 13.9 Å². The van der Waals surface area contributed by atoms with Crippen LogP contribution < -0.4 is 9.79 Å². The van der Waals surface area contributed by atoms with Gasteiger partial charge in [-0.15, -0.1) is 0 Å². The third-order valence-corrected chi connectivity index (χ3v) is 6.22. The van der Waals surface area contributed by atoms with Crippen molar-refractivity contribution in [3.8, 4) is 11.8 Å². The number of anilines is 1. The van der Waals surface area contributed by atoms with Crippen molar-refractivity contribution >= 4 is 21.6 Å². The molecule has 0 saturated carbocycles. The maximum atomic E-state index is 13.4. The van der Waals surface area contributed by atoms with E-state index < -0.39 is 15.9 Å². The third-order valence-electron chi connectivity index (χ3n) is 4.43. The number of hydroxylamine groups is 1. The number of nitrogens with zero attached hydrogens (tertiary/aromatic N) is 1. The Hall–Kier alpha value is -3.60. The molecule has 0 saturated heterocycles. The average molecular weight is 435 g/mol. The number of sulfonamides is 1. The Morgan fingerprint density at radius 2 is 1.71 bits per heavy atom. The Morgan fingerprint density at radius 3 is 2.39 bits per heavy atom. The van der Waals surface area contributed by atoms with Crippen molar-refractivity contribution in [2.24, 2.45) is 0 Å². The Kier molecular flexibility index (Phi) is 7.08. The minimum absolute atomic E-state index is 0.0829. The van der Waals surface area contributed by atoms with Crippen LogP contribution in [-0.2, 0) is 14.9 Å². The lowest BCUT2D eigenvalue weighted by atomic mass is 10.2. The van der Waals surface area contributed by atoms with E-state index in [1.807, 2.05) is 37.3 Å². The van der Waals surface area contributed by atoms with Gasteiger partial charge >= 0.3 is 0 Å². The zero-order chi connectivity index (χ0) is 22.3. The van der Waals surface area contributed by atoms with E-state index in [0.717, 1.165) is 11.1 Å². The lowest BCUT2D eigenvalue weighted by Crippen LogP contribution is -2.32. The number of nitrogens with one attached hydrogen (secondary N) is 1. The standard InChI is InChI=1S/C24H22N2O4S/c1-19-13-15-23(16-14-19)31(28,29)26(17-7-10-20-8-4-3-5-9-20)22-12-6-11-21(18-22)24(27)25-30-2/h3-6,8-9,11-16,18H,17H2,1-2H3,(H,25,27). The molecular weight excluding hydrogens is 412 g/mol. The molecule has 3 aromatic carbocycles. The molecule has 0 fully saturated rings. The van der Waals surface area contributed by atoms with Crippen LogP contribution in [-0.4, -0.2) is 28.0 Å². The van der Waals surface area contributed by atoms with Gasteiger partial charge in [-0.1, -0.05) is 53.8 Å². The van der Waals surface area contributed by atoms with Gasteiger partial charge in [-0.2, -0.15) is 0 Å². The number of aryl methyl sites for hydroxylation is 1. The van der Waals surface area contributed by atoms with Gasteiger partial charge in [0.1, 0.15) is 0 Å². The predicted octanol–water partition coefficient (Wildman–Crippen LogP) is 3.53. The minimum atomic E-state index is -3.91. The number of carbonyl (C=O) groups is 1. The molecule has 7 heteroatoms. The van der Waals surface area contributed by atoms with Crippen molar-refractivity contribution in [2.45, 2.75) is 11.8 Å². The second kappa shape index (κ2) is 9.94. The summed E-state index contributed by atoms with van der Waals surface area (Å²) in [5.41, 5.74) is 4.56. The van der Waals surface area contributed by atoms with Crippen molar-refractivity contribution in [3.05, 3.63) is 95.6 Å². The van der Waals surface area contributed by atoms with Crippen molar-refractivity contribution < 1.29 is 18.0 Å². The van der Waals surface area contributed by atoms with Gasteiger partial charge in [0.2, 0.25) is 0 Å². The number of benzene rings is 3. The summed E-state index contributed by atoms with van der Waals surface area (Å²) in [5.74, 6) is 5.43. The third kappa shape index (κ3) is 5.51. The van der Waals surface area contributed by atoms with Crippen LogP contribution in [0.2, 0.25) is 0 Å². The molecule has 31 heavy (non-hydrogen) atoms. The van der Waals surface area contributed by atoms with Crippen LogP contribution in [0.4, 0.5) is 5.69 Å². The van der Waals surface area contributed by atoms with Crippen LogP contribution in [0.1, 0.15) is 21.5 Å². The first-order chi connectivity index (χ1) is 14.9. The second-order valence-electron chi connectivity index (χ2n) is 6.68. The predicted molar refractivity (Wildman–Crippen MR) is 120 cm³/mol. The maximum Gasteiger partial charge on any atom is 0.274 e. The first-order valence-electron chi connectivity index (χ1n) is 9.48. The van der Waals surface area contributed by atoms with Crippen molar-refractivity contribution in [3.63, 3.8) is 0 Å². The van der Waals surface area contributed by atoms with Crippen molar-refractivity contribution in [2.75, 3.05) is 18.0 Å². The van der Waals surface area contributed by atoms with E-state index in [1.165, 1.54) is 17.5 Å². The van der Waals surface area contributed by atoms with Crippen LogP contribution in [0.15, 0.2) is 83.8 Å². The van der Waals surface area contributed by atoms with Gasteiger partial charge < -0.3 is 0 Å². The first kappa shape index (κ1) is 22.1. The molecular formula is C24H22N2O4S. The molecule has 158 valence electrons. The molecule has 0 unspecified atom stereocenters. The van der Waals surface area contributed by atoms with Crippen LogP contribution in [0.5, 0.6) is 0 Å². The molecule has 0 bridgehead atoms. The minimum Gasteiger partial charge on any atom is -0.277 e. The molecule has 0 heterocycles. The van der Waals surface area contributed by atoms with E-state index in [4.69, 9.17) is 0 Å². The highest BCUT2D eigenvalue weighted by Gasteiger charge is 2.25. The maximum absolute atomic E-state index is 13.4. The Labute approximate surface area is 182 Å². The number of carbonyl (C=O) groups excluding carboxylic acids is 1. The fraction of sp³-hybridized carbons (Fsp3) is 0.125. The summed E-state index contributed by atoms with van der Waals surface area (Å²) in [6.45, 7) is 1.80. The topological polar surface area (TPSA) is 75.7 Å². The molecule has 0 atom stereocenters. The summed E-state index contributed by atoms with van der Waals surface area (Å²) in [4.78, 5) is 17.0. The molecule has 6 nitrogen and oxygen atoms in total. The van der Waals surface area contributed by atoms with E-state index in [0.29, 0.717) is 5.69 Å². The molecule has 0 aliphatic carbocycles.